The van der Waals surface area contributed by atoms with Crippen molar-refractivity contribution in [3.8, 4) is 11.3 Å². The number of nitrogens with zero attached hydrogens (tertiary/aromatic N) is 3. The number of hydrogen-bond acceptors (Lipinski definition) is 5. The number of pyridine rings is 1. The fraction of sp³-hybridized carbons (Fsp3) is 0.286. The number of alkyl halides is 1. The first-order valence-electron chi connectivity index (χ1n) is 6.64. The van der Waals surface area contributed by atoms with Gasteiger partial charge in [-0.05, 0) is 18.6 Å². The monoisotopic (exact) mass is 349 g/mol. The second kappa shape index (κ2) is 5.87. The molecule has 3 aromatic heterocycles. The second-order valence-electron chi connectivity index (χ2n) is 4.71. The van der Waals surface area contributed by atoms with E-state index in [1.54, 1.807) is 7.05 Å². The van der Waals surface area contributed by atoms with Crippen LogP contribution in [0.3, 0.4) is 0 Å². The molecule has 0 fully saturated rings. The number of hydrogen-bond donors (Lipinski definition) is 2. The summed E-state index contributed by atoms with van der Waals surface area (Å²) in [7, 11) is 1.81. The number of aryl methyl sites for hydroxylation is 2. The lowest BCUT2D eigenvalue weighted by Gasteiger charge is -2.03. The maximum atomic E-state index is 5.93. The minimum atomic E-state index is 0.768. The molecule has 0 atom stereocenters. The Labute approximate surface area is 130 Å². The zero-order chi connectivity index (χ0) is 14.8. The van der Waals surface area contributed by atoms with Gasteiger partial charge in [-0.25, -0.2) is 10.4 Å². The molecular weight excluding hydrogens is 334 g/mol. The van der Waals surface area contributed by atoms with Gasteiger partial charge in [0, 0.05) is 24.6 Å². The molecule has 7 heteroatoms. The van der Waals surface area contributed by atoms with Crippen LogP contribution in [-0.4, -0.2) is 27.1 Å². The van der Waals surface area contributed by atoms with Crippen LogP contribution in [0.25, 0.3) is 22.4 Å². The number of aromatic nitrogens is 3. The Morgan fingerprint density at radius 3 is 3.00 bits per heavy atom. The molecule has 110 valence electrons. The normalized spacial score (nSPS) is 11.2. The number of hydrazine groups is 1. The number of furan rings is 1. The molecule has 0 saturated carbocycles. The van der Waals surface area contributed by atoms with Crippen molar-refractivity contribution < 1.29 is 4.42 Å². The summed E-state index contributed by atoms with van der Waals surface area (Å²) >= 11 is 3.40. The Morgan fingerprint density at radius 2 is 2.24 bits per heavy atom. The molecule has 0 aliphatic rings. The van der Waals surface area contributed by atoms with E-state index in [2.05, 4.69) is 36.9 Å². The number of halogens is 1. The van der Waals surface area contributed by atoms with Crippen LogP contribution in [0.15, 0.2) is 28.9 Å². The van der Waals surface area contributed by atoms with Gasteiger partial charge in [-0.2, -0.15) is 5.10 Å². The number of rotatable bonds is 5. The predicted molar refractivity (Wildman–Crippen MR) is 86.4 cm³/mol. The van der Waals surface area contributed by atoms with Crippen LogP contribution in [0.4, 0.5) is 5.82 Å². The minimum absolute atomic E-state index is 0.768. The lowest BCUT2D eigenvalue weighted by molar-refractivity contribution is 0.627. The number of anilines is 1. The van der Waals surface area contributed by atoms with Crippen molar-refractivity contribution in [2.45, 2.75) is 13.5 Å². The summed E-state index contributed by atoms with van der Waals surface area (Å²) < 4.78 is 7.81. The quantitative estimate of drug-likeness (QED) is 0.547. The molecule has 6 nitrogen and oxygen atoms in total. The van der Waals surface area contributed by atoms with Crippen LogP contribution in [0.1, 0.15) is 5.56 Å². The molecule has 3 rings (SSSR count). The summed E-state index contributed by atoms with van der Waals surface area (Å²) in [5, 5.41) is 5.17. The smallest absolute Gasteiger partial charge is 0.156 e. The summed E-state index contributed by atoms with van der Waals surface area (Å²) in [5.41, 5.74) is 9.49. The van der Waals surface area contributed by atoms with Gasteiger partial charge in [-0.3, -0.25) is 4.68 Å². The van der Waals surface area contributed by atoms with Gasteiger partial charge in [0.15, 0.2) is 5.58 Å². The second-order valence-corrected chi connectivity index (χ2v) is 5.50. The summed E-state index contributed by atoms with van der Waals surface area (Å²) in [4.78, 5) is 4.51. The molecule has 3 aromatic rings. The van der Waals surface area contributed by atoms with Gasteiger partial charge in [0.2, 0.25) is 0 Å². The van der Waals surface area contributed by atoms with Gasteiger partial charge < -0.3 is 9.84 Å². The highest BCUT2D eigenvalue weighted by Crippen LogP contribution is 2.29. The van der Waals surface area contributed by atoms with Gasteiger partial charge in [0.05, 0.1) is 18.3 Å². The lowest BCUT2D eigenvalue weighted by Crippen LogP contribution is -2.16. The Morgan fingerprint density at radius 1 is 1.38 bits per heavy atom. The predicted octanol–water partition coefficient (Wildman–Crippen LogP) is 2.94. The Balaban J connectivity index is 2.01. The third-order valence-corrected chi connectivity index (χ3v) is 3.50. The molecule has 0 unspecified atom stereocenters. The zero-order valence-corrected chi connectivity index (χ0v) is 13.4. The first-order valence-corrected chi connectivity index (χ1v) is 7.76. The molecule has 0 saturated heterocycles. The van der Waals surface area contributed by atoms with Crippen molar-refractivity contribution in [1.29, 1.82) is 0 Å². The van der Waals surface area contributed by atoms with E-state index in [0.29, 0.717) is 0 Å². The molecule has 0 spiro atoms. The largest absolute Gasteiger partial charge is 0.454 e. The highest BCUT2D eigenvalue weighted by molar-refractivity contribution is 9.09. The standard InChI is InChI=1S/C14H16BrN5O/c1-9-5-13(19-16-2)18-11-6-12(21-14(9)11)10-7-17-20(8-10)4-3-15/h5-8,16H,3-4H2,1-2H3,(H,18,19). The molecule has 0 aromatic carbocycles. The van der Waals surface area contributed by atoms with Gasteiger partial charge >= 0.3 is 0 Å². The highest BCUT2D eigenvalue weighted by Gasteiger charge is 2.12. The van der Waals surface area contributed by atoms with Gasteiger partial charge in [0.25, 0.3) is 0 Å². The fourth-order valence-corrected chi connectivity index (χ4v) is 2.58. The minimum Gasteiger partial charge on any atom is -0.454 e. The molecule has 0 aliphatic carbocycles. The SMILES string of the molecule is CNNc1cc(C)c2oc(-c3cnn(CCBr)c3)cc2n1. The van der Waals surface area contributed by atoms with E-state index in [9.17, 15) is 0 Å². The topological polar surface area (TPSA) is 67.9 Å². The third kappa shape index (κ3) is 2.79. The Kier molecular flexibility index (Phi) is 3.94. The Hall–Kier alpha value is -1.86. The highest BCUT2D eigenvalue weighted by atomic mass is 79.9. The van der Waals surface area contributed by atoms with Crippen molar-refractivity contribution in [2.24, 2.45) is 0 Å². The molecule has 21 heavy (non-hydrogen) atoms. The van der Waals surface area contributed by atoms with E-state index in [1.807, 2.05) is 36.1 Å². The summed E-state index contributed by atoms with van der Waals surface area (Å²) in [6, 6.07) is 3.89. The van der Waals surface area contributed by atoms with Crippen LogP contribution < -0.4 is 10.9 Å². The molecule has 0 radical (unpaired) electrons. The van der Waals surface area contributed by atoms with E-state index in [4.69, 9.17) is 4.42 Å². The summed E-state index contributed by atoms with van der Waals surface area (Å²) in [6.07, 6.45) is 3.78. The molecule has 3 heterocycles. The van der Waals surface area contributed by atoms with Gasteiger partial charge in [-0.15, -0.1) is 0 Å². The maximum Gasteiger partial charge on any atom is 0.156 e. The van der Waals surface area contributed by atoms with Gasteiger partial charge in [-0.1, -0.05) is 15.9 Å². The summed E-state index contributed by atoms with van der Waals surface area (Å²) in [6.45, 7) is 2.83. The first kappa shape index (κ1) is 14.1. The van der Waals surface area contributed by atoms with Gasteiger partial charge in [0.1, 0.15) is 17.1 Å². The van der Waals surface area contributed by atoms with E-state index in [0.717, 1.165) is 45.7 Å². The van der Waals surface area contributed by atoms with E-state index in [1.165, 1.54) is 0 Å². The van der Waals surface area contributed by atoms with E-state index in [-0.39, 0.29) is 0 Å². The van der Waals surface area contributed by atoms with Crippen LogP contribution in [0.2, 0.25) is 0 Å². The third-order valence-electron chi connectivity index (χ3n) is 3.15. The molecule has 0 aliphatic heterocycles. The van der Waals surface area contributed by atoms with Crippen molar-refractivity contribution in [3.63, 3.8) is 0 Å². The molecular formula is C14H16BrN5O. The average Bonchev–Trinajstić information content (AvgIpc) is 3.06. The van der Waals surface area contributed by atoms with Crippen molar-refractivity contribution in [3.05, 3.63) is 30.1 Å². The summed E-state index contributed by atoms with van der Waals surface area (Å²) in [5.74, 6) is 1.55. The van der Waals surface area contributed by atoms with Crippen molar-refractivity contribution in [2.75, 3.05) is 17.8 Å². The van der Waals surface area contributed by atoms with Crippen molar-refractivity contribution in [1.82, 2.24) is 20.2 Å². The number of fused-ring (bicyclic) bond motifs is 1. The zero-order valence-electron chi connectivity index (χ0n) is 11.9. The van der Waals surface area contributed by atoms with Crippen LogP contribution in [0, 0.1) is 6.92 Å². The van der Waals surface area contributed by atoms with Crippen molar-refractivity contribution >= 4 is 32.8 Å². The van der Waals surface area contributed by atoms with E-state index < -0.39 is 0 Å². The van der Waals surface area contributed by atoms with Crippen LogP contribution in [0.5, 0.6) is 0 Å². The first-order chi connectivity index (χ1) is 10.2. The number of nitrogens with one attached hydrogen (secondary N) is 2. The van der Waals surface area contributed by atoms with Crippen LogP contribution >= 0.6 is 15.9 Å². The average molecular weight is 350 g/mol. The molecule has 0 bridgehead atoms. The fourth-order valence-electron chi connectivity index (χ4n) is 2.21. The van der Waals surface area contributed by atoms with E-state index >= 15 is 0 Å². The maximum absolute atomic E-state index is 5.93. The van der Waals surface area contributed by atoms with Crippen LogP contribution in [-0.2, 0) is 6.54 Å². The molecule has 2 N–H and O–H groups in total. The molecule has 0 amide bonds. The Bertz CT molecular complexity index is 764. The lowest BCUT2D eigenvalue weighted by atomic mass is 10.2.